The molecule has 1 fully saturated rings. The summed E-state index contributed by atoms with van der Waals surface area (Å²) in [5.41, 5.74) is 1.39. The summed E-state index contributed by atoms with van der Waals surface area (Å²) in [5.74, 6) is 0.882. The zero-order chi connectivity index (χ0) is 13.2. The highest BCUT2D eigenvalue weighted by Crippen LogP contribution is 2.28. The molecule has 1 atom stereocenters. The second-order valence-electron chi connectivity index (χ2n) is 6.59. The SMILES string of the molecule is C[C@H](NCc1nc(C(C)(C)C)cs1)C1CCCC1. The van der Waals surface area contributed by atoms with E-state index in [1.807, 2.05) is 0 Å². The third-order valence-corrected chi connectivity index (χ3v) is 4.85. The van der Waals surface area contributed by atoms with Gasteiger partial charge in [0.15, 0.2) is 0 Å². The van der Waals surface area contributed by atoms with E-state index in [0.717, 1.165) is 12.5 Å². The van der Waals surface area contributed by atoms with E-state index in [9.17, 15) is 0 Å². The molecule has 102 valence electrons. The fraction of sp³-hybridized carbons (Fsp3) is 0.800. The first-order chi connectivity index (χ1) is 8.47. The average Bonchev–Trinajstić information content (AvgIpc) is 2.96. The molecule has 1 N–H and O–H groups in total. The van der Waals surface area contributed by atoms with Crippen molar-refractivity contribution in [1.29, 1.82) is 0 Å². The highest BCUT2D eigenvalue weighted by molar-refractivity contribution is 7.09. The standard InChI is InChI=1S/C15H26N2S/c1-11(12-7-5-6-8-12)16-9-14-17-13(10-18-14)15(2,3)4/h10-12,16H,5-9H2,1-4H3/t11-/m0/s1. The van der Waals surface area contributed by atoms with Gasteiger partial charge in [-0.1, -0.05) is 33.6 Å². The lowest BCUT2D eigenvalue weighted by atomic mass is 9.93. The fourth-order valence-electron chi connectivity index (χ4n) is 2.61. The molecule has 0 aromatic carbocycles. The number of rotatable bonds is 4. The van der Waals surface area contributed by atoms with Crippen molar-refractivity contribution in [3.8, 4) is 0 Å². The predicted octanol–water partition coefficient (Wildman–Crippen LogP) is 4.11. The van der Waals surface area contributed by atoms with Crippen molar-refractivity contribution < 1.29 is 0 Å². The summed E-state index contributed by atoms with van der Waals surface area (Å²) in [5, 5.41) is 7.09. The second-order valence-corrected chi connectivity index (χ2v) is 7.53. The van der Waals surface area contributed by atoms with Crippen LogP contribution in [0.4, 0.5) is 0 Å². The van der Waals surface area contributed by atoms with Crippen molar-refractivity contribution in [1.82, 2.24) is 10.3 Å². The van der Waals surface area contributed by atoms with Gasteiger partial charge < -0.3 is 5.32 Å². The molecule has 0 spiro atoms. The van der Waals surface area contributed by atoms with E-state index in [1.54, 1.807) is 11.3 Å². The van der Waals surface area contributed by atoms with E-state index in [-0.39, 0.29) is 5.41 Å². The van der Waals surface area contributed by atoms with Gasteiger partial charge in [0.25, 0.3) is 0 Å². The molecule has 0 aliphatic heterocycles. The molecular weight excluding hydrogens is 240 g/mol. The van der Waals surface area contributed by atoms with Gasteiger partial charge in [-0.2, -0.15) is 0 Å². The molecule has 0 radical (unpaired) electrons. The molecule has 1 aromatic rings. The Kier molecular flexibility index (Phi) is 4.44. The molecule has 1 aliphatic rings. The number of hydrogen-bond donors (Lipinski definition) is 1. The van der Waals surface area contributed by atoms with Gasteiger partial charge in [0.2, 0.25) is 0 Å². The van der Waals surface area contributed by atoms with E-state index < -0.39 is 0 Å². The van der Waals surface area contributed by atoms with Crippen LogP contribution in [0.15, 0.2) is 5.38 Å². The highest BCUT2D eigenvalue weighted by atomic mass is 32.1. The number of hydrogen-bond acceptors (Lipinski definition) is 3. The minimum atomic E-state index is 0.172. The molecular formula is C15H26N2S. The summed E-state index contributed by atoms with van der Waals surface area (Å²) in [4.78, 5) is 4.74. The average molecular weight is 266 g/mol. The third kappa shape index (κ3) is 3.55. The lowest BCUT2D eigenvalue weighted by molar-refractivity contribution is 0.380. The van der Waals surface area contributed by atoms with Crippen LogP contribution >= 0.6 is 11.3 Å². The summed E-state index contributed by atoms with van der Waals surface area (Å²) in [6, 6.07) is 0.634. The maximum atomic E-state index is 4.74. The van der Waals surface area contributed by atoms with Gasteiger partial charge in [-0.15, -0.1) is 11.3 Å². The second kappa shape index (κ2) is 5.70. The van der Waals surface area contributed by atoms with E-state index >= 15 is 0 Å². The van der Waals surface area contributed by atoms with Crippen LogP contribution in [-0.4, -0.2) is 11.0 Å². The minimum Gasteiger partial charge on any atom is -0.308 e. The van der Waals surface area contributed by atoms with Gasteiger partial charge in [-0.05, 0) is 25.7 Å². The van der Waals surface area contributed by atoms with Gasteiger partial charge in [-0.3, -0.25) is 0 Å². The van der Waals surface area contributed by atoms with E-state index in [1.165, 1.54) is 36.4 Å². The van der Waals surface area contributed by atoms with Gasteiger partial charge in [0.1, 0.15) is 5.01 Å². The molecule has 1 aromatic heterocycles. The first kappa shape index (κ1) is 14.0. The van der Waals surface area contributed by atoms with Crippen molar-refractivity contribution in [3.63, 3.8) is 0 Å². The van der Waals surface area contributed by atoms with Crippen LogP contribution in [0.2, 0.25) is 0 Å². The smallest absolute Gasteiger partial charge is 0.107 e. The van der Waals surface area contributed by atoms with Crippen molar-refractivity contribution in [3.05, 3.63) is 16.1 Å². The minimum absolute atomic E-state index is 0.172. The molecule has 18 heavy (non-hydrogen) atoms. The molecule has 1 heterocycles. The Hall–Kier alpha value is -0.410. The molecule has 0 unspecified atom stereocenters. The van der Waals surface area contributed by atoms with Crippen LogP contribution in [-0.2, 0) is 12.0 Å². The third-order valence-electron chi connectivity index (χ3n) is 4.00. The maximum absolute atomic E-state index is 4.74. The molecule has 0 amide bonds. The summed E-state index contributed by atoms with van der Waals surface area (Å²) in [7, 11) is 0. The van der Waals surface area contributed by atoms with Crippen LogP contribution in [0, 0.1) is 5.92 Å². The Morgan fingerprint density at radius 3 is 2.61 bits per heavy atom. The van der Waals surface area contributed by atoms with Crippen LogP contribution < -0.4 is 5.32 Å². The molecule has 0 saturated heterocycles. The molecule has 1 aliphatic carbocycles. The Labute approximate surface area is 115 Å². The first-order valence-electron chi connectivity index (χ1n) is 7.15. The zero-order valence-corrected chi connectivity index (χ0v) is 12.9. The van der Waals surface area contributed by atoms with Crippen LogP contribution in [0.5, 0.6) is 0 Å². The van der Waals surface area contributed by atoms with Crippen LogP contribution in [0.1, 0.15) is 64.1 Å². The van der Waals surface area contributed by atoms with Gasteiger partial charge in [0, 0.05) is 23.4 Å². The Bertz CT molecular complexity index is 372. The Morgan fingerprint density at radius 2 is 2.06 bits per heavy atom. The maximum Gasteiger partial charge on any atom is 0.107 e. The monoisotopic (exact) mass is 266 g/mol. The Morgan fingerprint density at radius 1 is 1.39 bits per heavy atom. The number of thiazole rings is 1. The van der Waals surface area contributed by atoms with Gasteiger partial charge in [-0.25, -0.2) is 4.98 Å². The van der Waals surface area contributed by atoms with Gasteiger partial charge >= 0.3 is 0 Å². The lowest BCUT2D eigenvalue weighted by Gasteiger charge is -2.19. The van der Waals surface area contributed by atoms with Crippen LogP contribution in [0.3, 0.4) is 0 Å². The van der Waals surface area contributed by atoms with E-state index in [2.05, 4.69) is 38.4 Å². The predicted molar refractivity (Wildman–Crippen MR) is 79.1 cm³/mol. The summed E-state index contributed by atoms with van der Waals surface area (Å²) >= 11 is 1.79. The van der Waals surface area contributed by atoms with E-state index in [0.29, 0.717) is 6.04 Å². The normalized spacial score (nSPS) is 19.3. The van der Waals surface area contributed by atoms with E-state index in [4.69, 9.17) is 4.98 Å². The largest absolute Gasteiger partial charge is 0.308 e. The van der Waals surface area contributed by atoms with Gasteiger partial charge in [0.05, 0.1) is 5.69 Å². The lowest BCUT2D eigenvalue weighted by Crippen LogP contribution is -2.31. The zero-order valence-electron chi connectivity index (χ0n) is 12.1. The molecule has 2 nitrogen and oxygen atoms in total. The number of nitrogens with one attached hydrogen (secondary N) is 1. The molecule has 2 rings (SSSR count). The van der Waals surface area contributed by atoms with Crippen molar-refractivity contribution in [2.24, 2.45) is 5.92 Å². The summed E-state index contributed by atoms with van der Waals surface area (Å²) in [6.07, 6.45) is 5.64. The first-order valence-corrected chi connectivity index (χ1v) is 8.03. The highest BCUT2D eigenvalue weighted by Gasteiger charge is 2.22. The summed E-state index contributed by atoms with van der Waals surface area (Å²) < 4.78 is 0. The Balaban J connectivity index is 1.84. The van der Waals surface area contributed by atoms with Crippen molar-refractivity contribution in [2.75, 3.05) is 0 Å². The molecule has 3 heteroatoms. The molecule has 0 bridgehead atoms. The van der Waals surface area contributed by atoms with Crippen LogP contribution in [0.25, 0.3) is 0 Å². The summed E-state index contributed by atoms with van der Waals surface area (Å²) in [6.45, 7) is 9.92. The number of nitrogens with zero attached hydrogens (tertiary/aromatic N) is 1. The topological polar surface area (TPSA) is 24.9 Å². The molecule has 1 saturated carbocycles. The fourth-order valence-corrected chi connectivity index (χ4v) is 3.58. The van der Waals surface area contributed by atoms with Crippen molar-refractivity contribution in [2.45, 2.75) is 71.4 Å². The number of aromatic nitrogens is 1. The van der Waals surface area contributed by atoms with Crippen molar-refractivity contribution >= 4 is 11.3 Å². The quantitative estimate of drug-likeness (QED) is 0.887.